The summed E-state index contributed by atoms with van der Waals surface area (Å²) in [7, 11) is -2.52. The lowest BCUT2D eigenvalue weighted by atomic mass is 10.1. The van der Waals surface area contributed by atoms with Crippen LogP contribution in [0.4, 0.5) is 0 Å². The van der Waals surface area contributed by atoms with Crippen molar-refractivity contribution in [1.82, 2.24) is 4.31 Å². The number of sulfonamides is 1. The van der Waals surface area contributed by atoms with Gasteiger partial charge in [0.2, 0.25) is 10.0 Å². The Balaban J connectivity index is 2.33. The zero-order valence-electron chi connectivity index (χ0n) is 9.79. The second kappa shape index (κ2) is 4.68. The summed E-state index contributed by atoms with van der Waals surface area (Å²) in [6.45, 7) is 0.317. The van der Waals surface area contributed by atoms with Crippen molar-refractivity contribution in [2.75, 3.05) is 13.6 Å². The van der Waals surface area contributed by atoms with E-state index >= 15 is 0 Å². The molecule has 1 aliphatic heterocycles. The molecule has 1 N–H and O–H groups in total. The molecule has 0 fully saturated rings. The third-order valence-electron chi connectivity index (χ3n) is 2.76. The zero-order chi connectivity index (χ0) is 13.3. The molecule has 7 heteroatoms. The van der Waals surface area contributed by atoms with Crippen LogP contribution >= 0.6 is 0 Å². The SMILES string of the molecule is CN(CC(=O)O)S(=O)(=O)c1ccc2c(c1)COC2. The van der Waals surface area contributed by atoms with Crippen LogP contribution in [-0.4, -0.2) is 37.4 Å². The summed E-state index contributed by atoms with van der Waals surface area (Å²) in [5.74, 6) is -1.19. The average molecular weight is 271 g/mol. The van der Waals surface area contributed by atoms with Crippen molar-refractivity contribution < 1.29 is 23.1 Å². The van der Waals surface area contributed by atoms with Gasteiger partial charge in [-0.2, -0.15) is 4.31 Å². The molecule has 0 saturated heterocycles. The van der Waals surface area contributed by atoms with Crippen molar-refractivity contribution >= 4 is 16.0 Å². The fraction of sp³-hybridized carbons (Fsp3) is 0.364. The van der Waals surface area contributed by atoms with Gasteiger partial charge < -0.3 is 9.84 Å². The van der Waals surface area contributed by atoms with Crippen LogP contribution in [0.5, 0.6) is 0 Å². The normalized spacial score (nSPS) is 14.8. The Morgan fingerprint density at radius 1 is 1.39 bits per heavy atom. The lowest BCUT2D eigenvalue weighted by Gasteiger charge is -2.15. The van der Waals surface area contributed by atoms with Gasteiger partial charge in [-0.3, -0.25) is 4.79 Å². The molecule has 18 heavy (non-hydrogen) atoms. The molecule has 0 saturated carbocycles. The first-order chi connectivity index (χ1) is 8.41. The lowest BCUT2D eigenvalue weighted by Crippen LogP contribution is -2.32. The van der Waals surface area contributed by atoms with Crippen molar-refractivity contribution in [3.8, 4) is 0 Å². The molecule has 0 amide bonds. The molecule has 0 radical (unpaired) electrons. The second-order valence-corrected chi connectivity index (χ2v) is 6.12. The average Bonchev–Trinajstić information content (AvgIpc) is 2.74. The lowest BCUT2D eigenvalue weighted by molar-refractivity contribution is -0.137. The van der Waals surface area contributed by atoms with Crippen LogP contribution in [0.15, 0.2) is 23.1 Å². The first-order valence-corrected chi connectivity index (χ1v) is 6.73. The Kier molecular flexibility index (Phi) is 3.38. The van der Waals surface area contributed by atoms with Gasteiger partial charge in [-0.05, 0) is 23.3 Å². The highest BCUT2D eigenvalue weighted by Gasteiger charge is 2.24. The number of ether oxygens (including phenoxy) is 1. The summed E-state index contributed by atoms with van der Waals surface area (Å²) < 4.78 is 30.2. The molecule has 0 unspecified atom stereocenters. The molecule has 0 bridgehead atoms. The van der Waals surface area contributed by atoms with Gasteiger partial charge in [-0.1, -0.05) is 6.07 Å². The molecule has 0 atom stereocenters. The Bertz CT molecular complexity index is 581. The molecule has 1 aromatic rings. The topological polar surface area (TPSA) is 83.9 Å². The highest BCUT2D eigenvalue weighted by atomic mass is 32.2. The number of rotatable bonds is 4. The predicted octanol–water partition coefficient (Wildman–Crippen LogP) is 0.422. The number of carboxylic acid groups (broad SMARTS) is 1. The van der Waals surface area contributed by atoms with E-state index in [0.717, 1.165) is 15.4 Å². The van der Waals surface area contributed by atoms with Crippen molar-refractivity contribution in [2.24, 2.45) is 0 Å². The maximum absolute atomic E-state index is 12.1. The van der Waals surface area contributed by atoms with Crippen LogP contribution in [0.3, 0.4) is 0 Å². The van der Waals surface area contributed by atoms with E-state index in [1.165, 1.54) is 19.2 Å². The van der Waals surface area contributed by atoms with Crippen LogP contribution in [0.1, 0.15) is 11.1 Å². The van der Waals surface area contributed by atoms with Crippen molar-refractivity contribution in [3.05, 3.63) is 29.3 Å². The summed E-state index contributed by atoms with van der Waals surface area (Å²) >= 11 is 0. The van der Waals surface area contributed by atoms with Crippen LogP contribution in [0, 0.1) is 0 Å². The molecule has 0 aliphatic carbocycles. The maximum atomic E-state index is 12.1. The molecular weight excluding hydrogens is 258 g/mol. The van der Waals surface area contributed by atoms with Crippen LogP contribution < -0.4 is 0 Å². The predicted molar refractivity (Wildman–Crippen MR) is 62.4 cm³/mol. The van der Waals surface area contributed by atoms with E-state index < -0.39 is 22.5 Å². The van der Waals surface area contributed by atoms with Gasteiger partial charge in [-0.15, -0.1) is 0 Å². The number of carbonyl (C=O) groups is 1. The summed E-state index contributed by atoms with van der Waals surface area (Å²) in [6, 6.07) is 4.71. The van der Waals surface area contributed by atoms with Gasteiger partial charge in [0.1, 0.15) is 6.54 Å². The van der Waals surface area contributed by atoms with E-state index in [9.17, 15) is 13.2 Å². The Morgan fingerprint density at radius 2 is 2.06 bits per heavy atom. The monoisotopic (exact) mass is 271 g/mol. The van der Waals surface area contributed by atoms with E-state index in [-0.39, 0.29) is 4.90 Å². The van der Waals surface area contributed by atoms with E-state index in [1.54, 1.807) is 6.07 Å². The molecule has 0 aromatic heterocycles. The van der Waals surface area contributed by atoms with E-state index in [0.29, 0.717) is 13.2 Å². The maximum Gasteiger partial charge on any atom is 0.318 e. The highest BCUT2D eigenvalue weighted by Crippen LogP contribution is 2.24. The fourth-order valence-electron chi connectivity index (χ4n) is 1.76. The van der Waals surface area contributed by atoms with Crippen molar-refractivity contribution in [2.45, 2.75) is 18.1 Å². The number of hydrogen-bond acceptors (Lipinski definition) is 4. The van der Waals surface area contributed by atoms with Crippen LogP contribution in [-0.2, 0) is 32.8 Å². The molecule has 1 heterocycles. The summed E-state index contributed by atoms with van der Waals surface area (Å²) in [5.41, 5.74) is 1.80. The minimum atomic E-state index is -3.76. The summed E-state index contributed by atoms with van der Waals surface area (Å²) in [5, 5.41) is 8.62. The number of carboxylic acids is 1. The van der Waals surface area contributed by atoms with Crippen LogP contribution in [0.2, 0.25) is 0 Å². The molecule has 6 nitrogen and oxygen atoms in total. The number of likely N-dealkylation sites (N-methyl/N-ethyl adjacent to an activating group) is 1. The second-order valence-electron chi connectivity index (χ2n) is 4.08. The van der Waals surface area contributed by atoms with Gasteiger partial charge in [0.05, 0.1) is 18.1 Å². The Hall–Kier alpha value is -1.44. The molecule has 1 aliphatic rings. The quantitative estimate of drug-likeness (QED) is 0.858. The van der Waals surface area contributed by atoms with E-state index in [2.05, 4.69) is 0 Å². The minimum absolute atomic E-state index is 0.0931. The number of benzene rings is 1. The molecular formula is C11H13NO5S. The summed E-state index contributed by atoms with van der Waals surface area (Å²) in [4.78, 5) is 10.6. The van der Waals surface area contributed by atoms with Crippen molar-refractivity contribution in [3.63, 3.8) is 0 Å². The van der Waals surface area contributed by atoms with E-state index in [4.69, 9.17) is 9.84 Å². The van der Waals surface area contributed by atoms with Crippen LogP contribution in [0.25, 0.3) is 0 Å². The standard InChI is InChI=1S/C11H13NO5S/c1-12(5-11(13)14)18(15,16)10-3-2-8-6-17-7-9(8)4-10/h2-4H,5-7H2,1H3,(H,13,14). The number of hydrogen-bond donors (Lipinski definition) is 1. The van der Waals surface area contributed by atoms with E-state index in [1.807, 2.05) is 0 Å². The third kappa shape index (κ3) is 2.38. The first-order valence-electron chi connectivity index (χ1n) is 5.29. The zero-order valence-corrected chi connectivity index (χ0v) is 10.6. The largest absolute Gasteiger partial charge is 0.480 e. The van der Waals surface area contributed by atoms with Gasteiger partial charge in [0.25, 0.3) is 0 Å². The van der Waals surface area contributed by atoms with Gasteiger partial charge in [-0.25, -0.2) is 8.42 Å². The van der Waals surface area contributed by atoms with Gasteiger partial charge in [0, 0.05) is 7.05 Å². The highest BCUT2D eigenvalue weighted by molar-refractivity contribution is 7.89. The number of nitrogens with zero attached hydrogens (tertiary/aromatic N) is 1. The molecule has 98 valence electrons. The fourth-order valence-corrected chi connectivity index (χ4v) is 2.94. The van der Waals surface area contributed by atoms with Gasteiger partial charge in [0.15, 0.2) is 0 Å². The Morgan fingerprint density at radius 3 is 2.72 bits per heavy atom. The molecule has 2 rings (SSSR count). The smallest absolute Gasteiger partial charge is 0.318 e. The number of fused-ring (bicyclic) bond motifs is 1. The molecule has 1 aromatic carbocycles. The first kappa shape index (κ1) is 13.0. The molecule has 0 spiro atoms. The Labute approximate surface area is 105 Å². The third-order valence-corrected chi connectivity index (χ3v) is 4.56. The van der Waals surface area contributed by atoms with Crippen molar-refractivity contribution in [1.29, 1.82) is 0 Å². The number of aliphatic carboxylic acids is 1. The van der Waals surface area contributed by atoms with Gasteiger partial charge >= 0.3 is 5.97 Å². The summed E-state index contributed by atoms with van der Waals surface area (Å²) in [6.07, 6.45) is 0. The minimum Gasteiger partial charge on any atom is -0.480 e.